The summed E-state index contributed by atoms with van der Waals surface area (Å²) >= 11 is 0. The van der Waals surface area contributed by atoms with E-state index < -0.39 is 11.0 Å². The zero-order valence-corrected chi connectivity index (χ0v) is 16.0. The summed E-state index contributed by atoms with van der Waals surface area (Å²) in [6, 6.07) is 11.2. The maximum Gasteiger partial charge on any atom is 0.427 e. The van der Waals surface area contributed by atoms with Crippen molar-refractivity contribution >= 4 is 18.0 Å². The van der Waals surface area contributed by atoms with Gasteiger partial charge in [0.2, 0.25) is 0 Å². The van der Waals surface area contributed by atoms with E-state index in [-0.39, 0.29) is 25.5 Å². The Kier molecular flexibility index (Phi) is 8.24. The van der Waals surface area contributed by atoms with Gasteiger partial charge in [-0.3, -0.25) is 10.1 Å². The van der Waals surface area contributed by atoms with Gasteiger partial charge in [-0.1, -0.05) is 12.1 Å². The molecule has 0 unspecified atom stereocenters. The molecule has 0 atom stereocenters. The highest BCUT2D eigenvalue weighted by Gasteiger charge is 2.11. The molecule has 0 aromatic heterocycles. The normalized spacial score (nSPS) is 10.4. The first kappa shape index (κ1) is 21.5. The predicted molar refractivity (Wildman–Crippen MR) is 105 cm³/mol. The van der Waals surface area contributed by atoms with Crippen LogP contribution in [0.1, 0.15) is 12.5 Å². The minimum Gasteiger partial charge on any atom is -0.493 e. The largest absolute Gasteiger partial charge is 0.493 e. The number of hydrazone groups is 1. The molecular weight excluding hydrogens is 382 g/mol. The summed E-state index contributed by atoms with van der Waals surface area (Å²) in [5, 5.41) is 14.7. The van der Waals surface area contributed by atoms with Crippen molar-refractivity contribution in [3.8, 4) is 17.2 Å². The Hall–Kier alpha value is -3.82. The number of nitro groups is 1. The van der Waals surface area contributed by atoms with Gasteiger partial charge in [0.25, 0.3) is 5.69 Å². The molecule has 0 aliphatic rings. The van der Waals surface area contributed by atoms with Crippen molar-refractivity contribution in [2.45, 2.75) is 6.92 Å². The molecule has 2 aromatic carbocycles. The molecule has 0 fully saturated rings. The lowest BCUT2D eigenvalue weighted by atomic mass is 10.2. The summed E-state index contributed by atoms with van der Waals surface area (Å²) in [6.45, 7) is 2.23. The number of hydrogen-bond donors (Lipinski definition) is 1. The highest BCUT2D eigenvalue weighted by atomic mass is 16.6. The van der Waals surface area contributed by atoms with Crippen LogP contribution in [0.4, 0.5) is 10.5 Å². The number of rotatable bonds is 10. The van der Waals surface area contributed by atoms with Gasteiger partial charge in [0.15, 0.2) is 11.5 Å². The molecule has 29 heavy (non-hydrogen) atoms. The number of ether oxygens (including phenoxy) is 4. The number of amides is 1. The lowest BCUT2D eigenvalue weighted by Crippen LogP contribution is -2.18. The molecule has 0 saturated heterocycles. The SMILES string of the molecule is CCOC(=O)N/N=C\c1cc([N+](=O)[O-])ccc1OCCOc1ccccc1OC. The first-order chi connectivity index (χ1) is 14.0. The fraction of sp³-hybridized carbons (Fsp3) is 0.263. The van der Waals surface area contributed by atoms with Crippen LogP contribution in [0.15, 0.2) is 47.6 Å². The van der Waals surface area contributed by atoms with Crippen molar-refractivity contribution in [3.63, 3.8) is 0 Å². The Morgan fingerprint density at radius 1 is 1.14 bits per heavy atom. The maximum absolute atomic E-state index is 11.3. The molecule has 154 valence electrons. The smallest absolute Gasteiger partial charge is 0.427 e. The molecule has 0 saturated carbocycles. The van der Waals surface area contributed by atoms with Crippen LogP contribution in [-0.4, -0.2) is 44.2 Å². The summed E-state index contributed by atoms with van der Waals surface area (Å²) in [4.78, 5) is 21.7. The first-order valence-electron chi connectivity index (χ1n) is 8.68. The van der Waals surface area contributed by atoms with Crippen LogP contribution >= 0.6 is 0 Å². The summed E-state index contributed by atoms with van der Waals surface area (Å²) in [6.07, 6.45) is 0.502. The van der Waals surface area contributed by atoms with Crippen LogP contribution < -0.4 is 19.6 Å². The summed E-state index contributed by atoms with van der Waals surface area (Å²) in [7, 11) is 1.55. The van der Waals surface area contributed by atoms with Crippen LogP contribution in [0, 0.1) is 10.1 Å². The summed E-state index contributed by atoms with van der Waals surface area (Å²) < 4.78 is 21.2. The van der Waals surface area contributed by atoms with E-state index in [0.717, 1.165) is 0 Å². The summed E-state index contributed by atoms with van der Waals surface area (Å²) in [5.74, 6) is 1.51. The Morgan fingerprint density at radius 2 is 1.83 bits per heavy atom. The van der Waals surface area contributed by atoms with Gasteiger partial charge >= 0.3 is 6.09 Å². The van der Waals surface area contributed by atoms with Gasteiger partial charge in [0.1, 0.15) is 19.0 Å². The fourth-order valence-electron chi connectivity index (χ4n) is 2.24. The lowest BCUT2D eigenvalue weighted by Gasteiger charge is -2.12. The lowest BCUT2D eigenvalue weighted by molar-refractivity contribution is -0.384. The standard InChI is InChI=1S/C19H21N3O7/c1-3-27-19(23)21-20-13-14-12-15(22(24)25)8-9-16(14)28-10-11-29-18-7-5-4-6-17(18)26-2/h4-9,12-13H,3,10-11H2,1-2H3,(H,21,23)/b20-13-. The number of carbonyl (C=O) groups is 1. The first-order valence-corrected chi connectivity index (χ1v) is 8.68. The van der Waals surface area contributed by atoms with Gasteiger partial charge in [-0.15, -0.1) is 0 Å². The second kappa shape index (κ2) is 11.1. The summed E-state index contributed by atoms with van der Waals surface area (Å²) in [5.41, 5.74) is 2.33. The zero-order valence-electron chi connectivity index (χ0n) is 16.0. The molecule has 0 spiro atoms. The number of para-hydroxylation sites is 2. The van der Waals surface area contributed by atoms with E-state index in [9.17, 15) is 14.9 Å². The van der Waals surface area contributed by atoms with Crippen LogP contribution in [0.3, 0.4) is 0 Å². The fourth-order valence-corrected chi connectivity index (χ4v) is 2.24. The third kappa shape index (κ3) is 6.69. The van der Waals surface area contributed by atoms with Gasteiger partial charge in [0.05, 0.1) is 24.9 Å². The van der Waals surface area contributed by atoms with Crippen molar-refractivity contribution in [1.29, 1.82) is 0 Å². The van der Waals surface area contributed by atoms with Crippen molar-refractivity contribution in [1.82, 2.24) is 5.43 Å². The Bertz CT molecular complexity index is 871. The van der Waals surface area contributed by atoms with Crippen LogP contribution in [0.5, 0.6) is 17.2 Å². The van der Waals surface area contributed by atoms with Gasteiger partial charge in [-0.2, -0.15) is 5.10 Å². The maximum atomic E-state index is 11.3. The number of methoxy groups -OCH3 is 1. The molecule has 0 heterocycles. The van der Waals surface area contributed by atoms with Gasteiger partial charge in [0, 0.05) is 17.7 Å². The number of nitrogens with one attached hydrogen (secondary N) is 1. The number of nitrogens with zero attached hydrogens (tertiary/aromatic N) is 2. The van der Waals surface area contributed by atoms with Crippen LogP contribution in [-0.2, 0) is 4.74 Å². The molecular formula is C19H21N3O7. The topological polar surface area (TPSA) is 122 Å². The molecule has 1 N–H and O–H groups in total. The molecule has 0 aliphatic heterocycles. The predicted octanol–water partition coefficient (Wildman–Crippen LogP) is 3.14. The van der Waals surface area contributed by atoms with Gasteiger partial charge in [-0.05, 0) is 25.1 Å². The molecule has 0 bridgehead atoms. The monoisotopic (exact) mass is 403 g/mol. The quantitative estimate of drug-likeness (QED) is 0.280. The van der Waals surface area contributed by atoms with Gasteiger partial charge < -0.3 is 18.9 Å². The highest BCUT2D eigenvalue weighted by molar-refractivity contribution is 5.85. The van der Waals surface area contributed by atoms with E-state index in [4.69, 9.17) is 14.2 Å². The van der Waals surface area contributed by atoms with Crippen LogP contribution in [0.2, 0.25) is 0 Å². The number of carbonyl (C=O) groups excluding carboxylic acids is 1. The van der Waals surface area contributed by atoms with E-state index in [2.05, 4.69) is 15.3 Å². The third-order valence-electron chi connectivity index (χ3n) is 3.51. The molecule has 2 rings (SSSR count). The van der Waals surface area contributed by atoms with E-state index in [1.165, 1.54) is 24.4 Å². The minimum absolute atomic E-state index is 0.139. The molecule has 2 aromatic rings. The van der Waals surface area contributed by atoms with Crippen molar-refractivity contribution < 1.29 is 28.7 Å². The molecule has 10 heteroatoms. The average molecular weight is 403 g/mol. The number of non-ortho nitro benzene ring substituents is 1. The van der Waals surface area contributed by atoms with Crippen molar-refractivity contribution in [2.24, 2.45) is 5.10 Å². The number of nitro benzene ring substituents is 1. The average Bonchev–Trinajstić information content (AvgIpc) is 2.72. The van der Waals surface area contributed by atoms with E-state index >= 15 is 0 Å². The van der Waals surface area contributed by atoms with Gasteiger partial charge in [-0.25, -0.2) is 10.2 Å². The Labute approximate surface area is 167 Å². The zero-order chi connectivity index (χ0) is 21.1. The highest BCUT2D eigenvalue weighted by Crippen LogP contribution is 2.26. The van der Waals surface area contributed by atoms with Crippen molar-refractivity contribution in [2.75, 3.05) is 26.9 Å². The Morgan fingerprint density at radius 3 is 2.48 bits per heavy atom. The Balaban J connectivity index is 2.01. The number of benzene rings is 2. The molecule has 0 aliphatic carbocycles. The molecule has 0 radical (unpaired) electrons. The molecule has 1 amide bonds. The molecule has 10 nitrogen and oxygen atoms in total. The number of hydrogen-bond acceptors (Lipinski definition) is 8. The van der Waals surface area contributed by atoms with Crippen molar-refractivity contribution in [3.05, 3.63) is 58.1 Å². The van der Waals surface area contributed by atoms with E-state index in [0.29, 0.717) is 22.8 Å². The van der Waals surface area contributed by atoms with Crippen LogP contribution in [0.25, 0.3) is 0 Å². The third-order valence-corrected chi connectivity index (χ3v) is 3.51. The van der Waals surface area contributed by atoms with E-state index in [1.807, 2.05) is 12.1 Å². The van der Waals surface area contributed by atoms with E-state index in [1.54, 1.807) is 26.2 Å². The second-order valence-electron chi connectivity index (χ2n) is 5.42. The minimum atomic E-state index is -0.734. The second-order valence-corrected chi connectivity index (χ2v) is 5.42.